The lowest BCUT2D eigenvalue weighted by molar-refractivity contribution is 0.102. The number of hydrogen-bond acceptors (Lipinski definition) is 8. The number of carbonyl (C=O) groups excluding carboxylic acids is 1. The third-order valence-corrected chi connectivity index (χ3v) is 5.26. The Hall–Kier alpha value is -3.66. The minimum atomic E-state index is -0.246. The molecule has 4 rings (SSSR count). The quantitative estimate of drug-likeness (QED) is 0.489. The van der Waals surface area contributed by atoms with Gasteiger partial charge < -0.3 is 4.74 Å². The van der Waals surface area contributed by atoms with Gasteiger partial charge in [-0.1, -0.05) is 35.6 Å². The molecule has 30 heavy (non-hydrogen) atoms. The van der Waals surface area contributed by atoms with Crippen molar-refractivity contribution in [1.29, 1.82) is 0 Å². The van der Waals surface area contributed by atoms with Gasteiger partial charge in [0.15, 0.2) is 0 Å². The second-order valence-electron chi connectivity index (χ2n) is 6.49. The summed E-state index contributed by atoms with van der Waals surface area (Å²) in [5, 5.41) is 24.3. The Balaban J connectivity index is 1.35. The molecule has 2 aromatic heterocycles. The number of carbonyl (C=O) groups is 1. The minimum Gasteiger partial charge on any atom is -0.497 e. The number of nitrogens with one attached hydrogen (secondary N) is 1. The third-order valence-electron chi connectivity index (χ3n) is 4.36. The Morgan fingerprint density at radius 3 is 2.67 bits per heavy atom. The molecule has 0 aliphatic carbocycles. The summed E-state index contributed by atoms with van der Waals surface area (Å²) in [5.41, 5.74) is 2.46. The van der Waals surface area contributed by atoms with Crippen LogP contribution in [0.5, 0.6) is 5.75 Å². The number of rotatable bonds is 7. The highest BCUT2D eigenvalue weighted by atomic mass is 32.1. The Bertz CT molecular complexity index is 1150. The van der Waals surface area contributed by atoms with Gasteiger partial charge in [-0.05, 0) is 41.5 Å². The maximum absolute atomic E-state index is 12.5. The van der Waals surface area contributed by atoms with Crippen molar-refractivity contribution in [3.05, 3.63) is 64.7 Å². The normalized spacial score (nSPS) is 10.7. The molecule has 4 aromatic rings. The molecular weight excluding hydrogens is 402 g/mol. The van der Waals surface area contributed by atoms with Crippen molar-refractivity contribution in [3.63, 3.8) is 0 Å². The minimum absolute atomic E-state index is 0.246. The van der Waals surface area contributed by atoms with Gasteiger partial charge in [0.1, 0.15) is 10.8 Å². The van der Waals surface area contributed by atoms with E-state index < -0.39 is 0 Å². The van der Waals surface area contributed by atoms with Crippen molar-refractivity contribution < 1.29 is 9.53 Å². The molecule has 0 saturated heterocycles. The van der Waals surface area contributed by atoms with E-state index in [0.717, 1.165) is 34.7 Å². The van der Waals surface area contributed by atoms with Gasteiger partial charge in [-0.2, -0.15) is 4.80 Å². The standard InChI is InChI=1S/C20H19N7O2S/c1-27-25-18(23-26-27)14-7-9-15(10-8-14)19(28)21-20-24-22-17(30-20)11-6-13-4-3-5-16(12-13)29-2/h3-5,7-10,12H,6,11H2,1-2H3,(H,21,24,28). The second-order valence-corrected chi connectivity index (χ2v) is 7.55. The summed E-state index contributed by atoms with van der Waals surface area (Å²) in [6.07, 6.45) is 1.55. The molecule has 0 saturated carbocycles. The Labute approximate surface area is 176 Å². The number of hydrogen-bond donors (Lipinski definition) is 1. The number of benzene rings is 2. The highest BCUT2D eigenvalue weighted by molar-refractivity contribution is 7.15. The summed E-state index contributed by atoms with van der Waals surface area (Å²) < 4.78 is 5.25. The van der Waals surface area contributed by atoms with Crippen LogP contribution in [0.4, 0.5) is 5.13 Å². The van der Waals surface area contributed by atoms with E-state index in [1.54, 1.807) is 38.4 Å². The highest BCUT2D eigenvalue weighted by Crippen LogP contribution is 2.20. The highest BCUT2D eigenvalue weighted by Gasteiger charge is 2.12. The van der Waals surface area contributed by atoms with Gasteiger partial charge in [0, 0.05) is 17.5 Å². The van der Waals surface area contributed by atoms with Crippen LogP contribution in [0.15, 0.2) is 48.5 Å². The first-order valence-electron chi connectivity index (χ1n) is 9.22. The van der Waals surface area contributed by atoms with Crippen molar-refractivity contribution in [2.75, 3.05) is 12.4 Å². The average Bonchev–Trinajstić information content (AvgIpc) is 3.41. The molecule has 0 fully saturated rings. The first kappa shape index (κ1) is 19.6. The summed E-state index contributed by atoms with van der Waals surface area (Å²) in [7, 11) is 3.35. The number of aromatic nitrogens is 6. The smallest absolute Gasteiger partial charge is 0.257 e. The van der Waals surface area contributed by atoms with E-state index in [1.807, 2.05) is 24.3 Å². The van der Waals surface area contributed by atoms with Crippen LogP contribution in [-0.4, -0.2) is 43.4 Å². The topological polar surface area (TPSA) is 108 Å². The van der Waals surface area contributed by atoms with Gasteiger partial charge in [0.25, 0.3) is 5.91 Å². The van der Waals surface area contributed by atoms with E-state index in [0.29, 0.717) is 16.5 Å². The molecule has 0 bridgehead atoms. The Morgan fingerprint density at radius 1 is 1.10 bits per heavy atom. The van der Waals surface area contributed by atoms with Gasteiger partial charge >= 0.3 is 0 Å². The van der Waals surface area contributed by atoms with Crippen LogP contribution < -0.4 is 10.1 Å². The molecule has 1 N–H and O–H groups in total. The molecular formula is C20H19N7O2S. The first-order valence-corrected chi connectivity index (χ1v) is 10.0. The van der Waals surface area contributed by atoms with E-state index in [1.165, 1.54) is 16.1 Å². The van der Waals surface area contributed by atoms with Gasteiger partial charge in [-0.25, -0.2) is 0 Å². The van der Waals surface area contributed by atoms with Crippen molar-refractivity contribution in [1.82, 2.24) is 30.4 Å². The lowest BCUT2D eigenvalue weighted by atomic mass is 10.1. The van der Waals surface area contributed by atoms with Crippen molar-refractivity contribution in [2.24, 2.45) is 7.05 Å². The Kier molecular flexibility index (Phi) is 5.75. The van der Waals surface area contributed by atoms with Crippen molar-refractivity contribution in [3.8, 4) is 17.1 Å². The molecule has 0 spiro atoms. The molecule has 2 heterocycles. The van der Waals surface area contributed by atoms with Crippen LogP contribution in [0, 0.1) is 0 Å². The zero-order valence-corrected chi connectivity index (χ0v) is 17.3. The lowest BCUT2D eigenvalue weighted by Gasteiger charge is -2.03. The molecule has 152 valence electrons. The molecule has 9 nitrogen and oxygen atoms in total. The van der Waals surface area contributed by atoms with E-state index in [4.69, 9.17) is 4.74 Å². The van der Waals surface area contributed by atoms with Crippen LogP contribution in [0.3, 0.4) is 0 Å². The van der Waals surface area contributed by atoms with E-state index >= 15 is 0 Å². The lowest BCUT2D eigenvalue weighted by Crippen LogP contribution is -2.11. The molecule has 0 radical (unpaired) electrons. The Morgan fingerprint density at radius 2 is 1.93 bits per heavy atom. The number of tetrazole rings is 1. The number of amides is 1. The number of ether oxygens (including phenoxy) is 1. The maximum Gasteiger partial charge on any atom is 0.257 e. The van der Waals surface area contributed by atoms with Gasteiger partial charge in [-0.3, -0.25) is 10.1 Å². The molecule has 0 aliphatic heterocycles. The second kappa shape index (κ2) is 8.78. The molecule has 1 amide bonds. The van der Waals surface area contributed by atoms with Gasteiger partial charge in [0.2, 0.25) is 11.0 Å². The maximum atomic E-state index is 12.5. The number of methoxy groups -OCH3 is 1. The largest absolute Gasteiger partial charge is 0.497 e. The molecule has 0 aliphatic rings. The molecule has 10 heteroatoms. The monoisotopic (exact) mass is 421 g/mol. The summed E-state index contributed by atoms with van der Waals surface area (Å²) in [5.74, 6) is 1.09. The van der Waals surface area contributed by atoms with Crippen LogP contribution in [0.1, 0.15) is 20.9 Å². The van der Waals surface area contributed by atoms with Crippen LogP contribution in [0.25, 0.3) is 11.4 Å². The number of nitrogens with zero attached hydrogens (tertiary/aromatic N) is 6. The molecule has 2 aromatic carbocycles. The zero-order chi connectivity index (χ0) is 20.9. The fourth-order valence-electron chi connectivity index (χ4n) is 2.82. The number of anilines is 1. The van der Waals surface area contributed by atoms with Crippen molar-refractivity contribution >= 4 is 22.4 Å². The van der Waals surface area contributed by atoms with E-state index in [9.17, 15) is 4.79 Å². The predicted molar refractivity (Wildman–Crippen MR) is 112 cm³/mol. The molecule has 0 unspecified atom stereocenters. The zero-order valence-electron chi connectivity index (χ0n) is 16.4. The van der Waals surface area contributed by atoms with Crippen molar-refractivity contribution in [2.45, 2.75) is 12.8 Å². The number of aryl methyl sites for hydroxylation is 3. The SMILES string of the molecule is COc1cccc(CCc2nnc(NC(=O)c3ccc(-c4nnn(C)n4)cc3)s2)c1. The van der Waals surface area contributed by atoms with Gasteiger partial charge in [0.05, 0.1) is 14.2 Å². The average molecular weight is 421 g/mol. The van der Waals surface area contributed by atoms with Crippen LogP contribution in [-0.2, 0) is 19.9 Å². The first-order chi connectivity index (χ1) is 14.6. The van der Waals surface area contributed by atoms with Crippen LogP contribution >= 0.6 is 11.3 Å². The predicted octanol–water partition coefficient (Wildman–Crippen LogP) is 2.77. The van der Waals surface area contributed by atoms with Gasteiger partial charge in [-0.15, -0.1) is 20.4 Å². The summed E-state index contributed by atoms with van der Waals surface area (Å²) in [6.45, 7) is 0. The fraction of sp³-hybridized carbons (Fsp3) is 0.200. The van der Waals surface area contributed by atoms with E-state index in [2.05, 4.69) is 30.9 Å². The summed E-state index contributed by atoms with van der Waals surface area (Å²) >= 11 is 1.37. The fourth-order valence-corrected chi connectivity index (χ4v) is 3.56. The van der Waals surface area contributed by atoms with E-state index in [-0.39, 0.29) is 5.91 Å². The molecule has 0 atom stereocenters. The summed E-state index contributed by atoms with van der Waals surface area (Å²) in [4.78, 5) is 13.9. The third kappa shape index (κ3) is 4.66. The summed E-state index contributed by atoms with van der Waals surface area (Å²) in [6, 6.07) is 14.9. The van der Waals surface area contributed by atoms with Crippen LogP contribution in [0.2, 0.25) is 0 Å².